The third-order valence-corrected chi connectivity index (χ3v) is 3.61. The number of hydrogen-bond donors (Lipinski definition) is 1. The maximum atomic E-state index is 14.2. The first-order chi connectivity index (χ1) is 9.97. The van der Waals surface area contributed by atoms with Gasteiger partial charge in [-0.05, 0) is 25.1 Å². The molecule has 0 aliphatic carbocycles. The molecule has 0 saturated heterocycles. The fourth-order valence-corrected chi connectivity index (χ4v) is 2.40. The molecule has 5 heteroatoms. The van der Waals surface area contributed by atoms with E-state index in [2.05, 4.69) is 5.32 Å². The van der Waals surface area contributed by atoms with Gasteiger partial charge in [0.05, 0.1) is 11.1 Å². The van der Waals surface area contributed by atoms with E-state index in [0.717, 1.165) is 0 Å². The third kappa shape index (κ3) is 3.06. The van der Waals surface area contributed by atoms with Crippen molar-refractivity contribution in [2.75, 3.05) is 6.54 Å². The lowest BCUT2D eigenvalue weighted by Crippen LogP contribution is -2.24. The van der Waals surface area contributed by atoms with E-state index in [-0.39, 0.29) is 21.7 Å². The molecule has 0 radical (unpaired) electrons. The van der Waals surface area contributed by atoms with Crippen molar-refractivity contribution in [3.8, 4) is 0 Å². The highest BCUT2D eigenvalue weighted by atomic mass is 35.5. The van der Waals surface area contributed by atoms with Crippen LogP contribution >= 0.6 is 11.6 Å². The molecule has 0 fully saturated rings. The molecule has 0 spiro atoms. The molecule has 112 valence electrons. The summed E-state index contributed by atoms with van der Waals surface area (Å²) in [5, 5.41) is 2.91. The van der Waals surface area contributed by atoms with Gasteiger partial charge in [0, 0.05) is 11.1 Å². The molecule has 0 saturated carbocycles. The summed E-state index contributed by atoms with van der Waals surface area (Å²) < 4.78 is 42.1. The highest BCUT2D eigenvalue weighted by molar-refractivity contribution is 6.30. The van der Waals surface area contributed by atoms with Crippen LogP contribution in [0, 0.1) is 24.4 Å². The van der Waals surface area contributed by atoms with E-state index in [1.54, 1.807) is 13.0 Å². The lowest BCUT2D eigenvalue weighted by molar-refractivity contribution is 0.473. The van der Waals surface area contributed by atoms with Crippen LogP contribution in [0.3, 0.4) is 0 Å². The molecule has 1 nitrogen and oxygen atoms in total. The van der Waals surface area contributed by atoms with Crippen molar-refractivity contribution < 1.29 is 13.2 Å². The van der Waals surface area contributed by atoms with E-state index < -0.39 is 23.5 Å². The minimum Gasteiger partial charge on any atom is -0.306 e. The monoisotopic (exact) mass is 313 g/mol. The Bertz CT molecular complexity index is 658. The van der Waals surface area contributed by atoms with Crippen molar-refractivity contribution in [3.05, 3.63) is 69.5 Å². The molecule has 1 atom stereocenters. The highest BCUT2D eigenvalue weighted by Crippen LogP contribution is 2.31. The molecular weight excluding hydrogens is 299 g/mol. The molecule has 0 bridgehead atoms. The van der Waals surface area contributed by atoms with Crippen LogP contribution in [0.1, 0.15) is 29.7 Å². The number of hydrogen-bond acceptors (Lipinski definition) is 1. The zero-order chi connectivity index (χ0) is 15.6. The Morgan fingerprint density at radius 1 is 1.00 bits per heavy atom. The smallest absolute Gasteiger partial charge is 0.164 e. The fraction of sp³-hybridized carbons (Fsp3) is 0.250. The average Bonchev–Trinajstić information content (AvgIpc) is 2.46. The second-order valence-corrected chi connectivity index (χ2v) is 5.14. The summed E-state index contributed by atoms with van der Waals surface area (Å²) in [6, 6.07) is 6.63. The van der Waals surface area contributed by atoms with Gasteiger partial charge in [-0.3, -0.25) is 0 Å². The molecule has 0 aromatic heterocycles. The van der Waals surface area contributed by atoms with Crippen LogP contribution < -0.4 is 5.32 Å². The van der Waals surface area contributed by atoms with Crippen LogP contribution in [0.25, 0.3) is 0 Å². The van der Waals surface area contributed by atoms with E-state index >= 15 is 0 Å². The van der Waals surface area contributed by atoms with Gasteiger partial charge in [0.1, 0.15) is 5.82 Å². The molecule has 0 heterocycles. The SMILES string of the molecule is CCNC(c1cccc(Cl)c1F)c1ccc(C)c(F)c1F. The lowest BCUT2D eigenvalue weighted by atomic mass is 9.96. The molecule has 0 amide bonds. The second-order valence-electron chi connectivity index (χ2n) is 4.73. The number of aryl methyl sites for hydroxylation is 1. The normalized spacial score (nSPS) is 12.5. The van der Waals surface area contributed by atoms with Crippen molar-refractivity contribution in [2.45, 2.75) is 19.9 Å². The minimum absolute atomic E-state index is 0.0524. The average molecular weight is 314 g/mol. The quantitative estimate of drug-likeness (QED) is 0.857. The summed E-state index contributed by atoms with van der Waals surface area (Å²) in [6.45, 7) is 3.74. The van der Waals surface area contributed by atoms with Gasteiger partial charge in [0.2, 0.25) is 0 Å². The highest BCUT2D eigenvalue weighted by Gasteiger charge is 2.23. The predicted octanol–water partition coefficient (Wildman–Crippen LogP) is 4.76. The zero-order valence-electron chi connectivity index (χ0n) is 11.7. The van der Waals surface area contributed by atoms with Crippen LogP contribution in [0.5, 0.6) is 0 Å². The standard InChI is InChI=1S/C16H15ClF3N/c1-3-21-16(10-5-4-6-12(17)14(10)19)11-8-7-9(2)13(18)15(11)20/h4-8,16,21H,3H2,1-2H3. The Balaban J connectivity index is 2.59. The summed E-state index contributed by atoms with van der Waals surface area (Å²) in [6.07, 6.45) is 0. The molecule has 1 unspecified atom stereocenters. The van der Waals surface area contributed by atoms with E-state index in [0.29, 0.717) is 6.54 Å². The predicted molar refractivity (Wildman–Crippen MR) is 78.0 cm³/mol. The topological polar surface area (TPSA) is 12.0 Å². The van der Waals surface area contributed by atoms with Gasteiger partial charge in [-0.2, -0.15) is 0 Å². The van der Waals surface area contributed by atoms with Gasteiger partial charge in [-0.1, -0.05) is 42.8 Å². The van der Waals surface area contributed by atoms with Gasteiger partial charge in [-0.15, -0.1) is 0 Å². The van der Waals surface area contributed by atoms with Crippen LogP contribution in [-0.4, -0.2) is 6.54 Å². The molecule has 0 aliphatic heterocycles. The third-order valence-electron chi connectivity index (χ3n) is 3.32. The molecule has 2 aromatic carbocycles. The van der Waals surface area contributed by atoms with Crippen molar-refractivity contribution in [1.82, 2.24) is 5.32 Å². The van der Waals surface area contributed by atoms with Gasteiger partial charge < -0.3 is 5.32 Å². The lowest BCUT2D eigenvalue weighted by Gasteiger charge is -2.21. The number of nitrogens with one attached hydrogen (secondary N) is 1. The number of halogens is 4. The first kappa shape index (κ1) is 15.9. The van der Waals surface area contributed by atoms with Crippen molar-refractivity contribution in [1.29, 1.82) is 0 Å². The maximum absolute atomic E-state index is 14.2. The first-order valence-electron chi connectivity index (χ1n) is 6.59. The summed E-state index contributed by atoms with van der Waals surface area (Å²) in [4.78, 5) is 0. The largest absolute Gasteiger partial charge is 0.306 e. The summed E-state index contributed by atoms with van der Waals surface area (Å²) in [5.41, 5.74) is 0.450. The molecule has 2 aromatic rings. The molecule has 0 aliphatic rings. The van der Waals surface area contributed by atoms with Crippen molar-refractivity contribution in [2.24, 2.45) is 0 Å². The van der Waals surface area contributed by atoms with E-state index in [1.165, 1.54) is 31.2 Å². The van der Waals surface area contributed by atoms with Crippen LogP contribution in [0.15, 0.2) is 30.3 Å². The Kier molecular flexibility index (Phi) is 4.91. The maximum Gasteiger partial charge on any atom is 0.164 e. The second kappa shape index (κ2) is 6.50. The molecular formula is C16H15ClF3N. The molecule has 2 rings (SSSR count). The van der Waals surface area contributed by atoms with E-state index in [9.17, 15) is 13.2 Å². The van der Waals surface area contributed by atoms with Crippen LogP contribution in [0.2, 0.25) is 5.02 Å². The van der Waals surface area contributed by atoms with Crippen LogP contribution in [-0.2, 0) is 0 Å². The van der Waals surface area contributed by atoms with Gasteiger partial charge >= 0.3 is 0 Å². The van der Waals surface area contributed by atoms with Crippen LogP contribution in [0.4, 0.5) is 13.2 Å². The van der Waals surface area contributed by atoms with Crippen molar-refractivity contribution in [3.63, 3.8) is 0 Å². The molecule has 21 heavy (non-hydrogen) atoms. The first-order valence-corrected chi connectivity index (χ1v) is 6.97. The minimum atomic E-state index is -0.972. The van der Waals surface area contributed by atoms with Gasteiger partial charge in [0.25, 0.3) is 0 Å². The zero-order valence-corrected chi connectivity index (χ0v) is 12.4. The van der Waals surface area contributed by atoms with E-state index in [1.807, 2.05) is 0 Å². The van der Waals surface area contributed by atoms with Gasteiger partial charge in [0.15, 0.2) is 11.6 Å². The fourth-order valence-electron chi connectivity index (χ4n) is 2.22. The van der Waals surface area contributed by atoms with E-state index in [4.69, 9.17) is 11.6 Å². The Morgan fingerprint density at radius 2 is 1.67 bits per heavy atom. The van der Waals surface area contributed by atoms with Gasteiger partial charge in [-0.25, -0.2) is 13.2 Å². The Labute approximate surface area is 126 Å². The molecule has 1 N–H and O–H groups in total. The number of rotatable bonds is 4. The summed E-state index contributed by atoms with van der Waals surface area (Å²) in [7, 11) is 0. The number of benzene rings is 2. The summed E-state index contributed by atoms with van der Waals surface area (Å²) in [5.74, 6) is -2.52. The Morgan fingerprint density at radius 3 is 2.33 bits per heavy atom. The summed E-state index contributed by atoms with van der Waals surface area (Å²) >= 11 is 5.77. The Hall–Kier alpha value is -1.52. The van der Waals surface area contributed by atoms with Crippen molar-refractivity contribution >= 4 is 11.6 Å².